The molecule has 0 aliphatic heterocycles. The van der Waals surface area contributed by atoms with Crippen molar-refractivity contribution in [2.24, 2.45) is 23.2 Å². The van der Waals surface area contributed by atoms with E-state index in [4.69, 9.17) is 0 Å². The molecule has 7 rings (SSSR count). The Kier molecular flexibility index (Phi) is 4.97. The Morgan fingerprint density at radius 1 is 0.758 bits per heavy atom. The van der Waals surface area contributed by atoms with Crippen LogP contribution in [0.2, 0.25) is 0 Å². The quantitative estimate of drug-likeness (QED) is 0.468. The average Bonchev–Trinajstić information content (AvgIpc) is 2.80. The maximum Gasteiger partial charge on any atom is 0.230 e. The minimum Gasteiger partial charge on any atom is -0.340 e. The molecule has 7 nitrogen and oxygen atoms in total. The van der Waals surface area contributed by atoms with Gasteiger partial charge in [-0.15, -0.1) is 0 Å². The van der Waals surface area contributed by atoms with Gasteiger partial charge < -0.3 is 16.0 Å². The van der Waals surface area contributed by atoms with E-state index in [0.29, 0.717) is 11.6 Å². The molecule has 7 heteroatoms. The molecule has 4 saturated carbocycles. The highest BCUT2D eigenvalue weighted by molar-refractivity contribution is 5.95. The van der Waals surface area contributed by atoms with Gasteiger partial charge in [0.05, 0.1) is 5.41 Å². The summed E-state index contributed by atoms with van der Waals surface area (Å²) in [4.78, 5) is 26.1. The van der Waals surface area contributed by atoms with E-state index in [1.54, 1.807) is 6.20 Å². The minimum atomic E-state index is -0.135. The highest BCUT2D eigenvalue weighted by Gasteiger charge is 2.54. The van der Waals surface area contributed by atoms with E-state index in [-0.39, 0.29) is 11.3 Å². The zero-order valence-electron chi connectivity index (χ0n) is 18.5. The number of nitrogens with one attached hydrogen (secondary N) is 3. The summed E-state index contributed by atoms with van der Waals surface area (Å²) in [6.07, 6.45) is 10.5. The molecule has 4 aliphatic rings. The maximum atomic E-state index is 13.3. The molecule has 0 spiro atoms. The van der Waals surface area contributed by atoms with Gasteiger partial charge in [0, 0.05) is 23.6 Å². The zero-order chi connectivity index (χ0) is 22.3. The number of pyridine rings is 1. The SMILES string of the molecule is O=C(Nc1ccc(Nc2cc(Nc3ccccn3)ncn2)cc1)C12CC3CC(CC(C3)C1)C2. The van der Waals surface area contributed by atoms with Gasteiger partial charge in [0.1, 0.15) is 23.8 Å². The Labute approximate surface area is 193 Å². The monoisotopic (exact) mass is 440 g/mol. The fraction of sp³-hybridized carbons (Fsp3) is 0.385. The molecule has 3 aromatic rings. The molecule has 0 saturated heterocycles. The number of amides is 1. The highest BCUT2D eigenvalue weighted by atomic mass is 16.2. The molecule has 1 amide bonds. The van der Waals surface area contributed by atoms with Crippen LogP contribution in [0.5, 0.6) is 0 Å². The Balaban J connectivity index is 1.10. The predicted octanol–water partition coefficient (Wildman–Crippen LogP) is 5.51. The number of aromatic nitrogens is 3. The number of rotatable bonds is 6. The maximum absolute atomic E-state index is 13.3. The Hall–Kier alpha value is -3.48. The van der Waals surface area contributed by atoms with Crippen molar-refractivity contribution < 1.29 is 4.79 Å². The molecule has 168 valence electrons. The Morgan fingerprint density at radius 2 is 1.39 bits per heavy atom. The predicted molar refractivity (Wildman–Crippen MR) is 129 cm³/mol. The van der Waals surface area contributed by atoms with Gasteiger partial charge in [0.15, 0.2) is 0 Å². The van der Waals surface area contributed by atoms with Crippen molar-refractivity contribution in [3.63, 3.8) is 0 Å². The smallest absolute Gasteiger partial charge is 0.230 e. The van der Waals surface area contributed by atoms with Crippen molar-refractivity contribution in [3.8, 4) is 0 Å². The molecule has 4 aliphatic carbocycles. The van der Waals surface area contributed by atoms with Crippen LogP contribution in [-0.2, 0) is 4.79 Å². The summed E-state index contributed by atoms with van der Waals surface area (Å²) in [6.45, 7) is 0. The van der Waals surface area contributed by atoms with Gasteiger partial charge in [0.2, 0.25) is 5.91 Å². The first-order chi connectivity index (χ1) is 16.1. The largest absolute Gasteiger partial charge is 0.340 e. The lowest BCUT2D eigenvalue weighted by molar-refractivity contribution is -0.140. The van der Waals surface area contributed by atoms with E-state index in [0.717, 1.165) is 54.2 Å². The summed E-state index contributed by atoms with van der Waals surface area (Å²) in [5.74, 6) is 4.57. The fourth-order valence-electron chi connectivity index (χ4n) is 6.50. The van der Waals surface area contributed by atoms with Gasteiger partial charge in [-0.2, -0.15) is 0 Å². The number of nitrogens with zero attached hydrogens (tertiary/aromatic N) is 3. The van der Waals surface area contributed by atoms with E-state index in [1.165, 1.54) is 25.6 Å². The molecule has 2 heterocycles. The Morgan fingerprint density at radius 3 is 2.03 bits per heavy atom. The summed E-state index contributed by atoms with van der Waals surface area (Å²) in [7, 11) is 0. The molecule has 4 fully saturated rings. The first kappa shape index (κ1) is 20.1. The van der Waals surface area contributed by atoms with Crippen molar-refractivity contribution in [1.82, 2.24) is 15.0 Å². The second kappa shape index (κ2) is 8.14. The summed E-state index contributed by atoms with van der Waals surface area (Å²) >= 11 is 0. The molecule has 1 aromatic carbocycles. The third-order valence-electron chi connectivity index (χ3n) is 7.52. The van der Waals surface area contributed by atoms with Crippen molar-refractivity contribution in [1.29, 1.82) is 0 Å². The summed E-state index contributed by atoms with van der Waals surface area (Å²) in [6, 6.07) is 15.3. The number of carbonyl (C=O) groups excluding carboxylic acids is 1. The standard InChI is InChI=1S/C26H28N6O/c33-25(26-13-17-9-18(14-26)11-19(10-17)15-26)31-21-6-4-20(5-7-21)30-23-12-24(29-16-28-23)32-22-3-1-2-8-27-22/h1-8,12,16-19H,9-11,13-15H2,(H,31,33)(H2,27,28,29,30,32). The molecular weight excluding hydrogens is 412 g/mol. The molecule has 0 unspecified atom stereocenters. The number of hydrogen-bond acceptors (Lipinski definition) is 6. The lowest BCUT2D eigenvalue weighted by atomic mass is 9.49. The van der Waals surface area contributed by atoms with Crippen molar-refractivity contribution >= 4 is 34.7 Å². The van der Waals surface area contributed by atoms with Gasteiger partial charge in [0.25, 0.3) is 0 Å². The van der Waals surface area contributed by atoms with Crippen molar-refractivity contribution in [2.75, 3.05) is 16.0 Å². The average molecular weight is 441 g/mol. The number of carbonyl (C=O) groups is 1. The van der Waals surface area contributed by atoms with Gasteiger partial charge in [-0.3, -0.25) is 4.79 Å². The summed E-state index contributed by atoms with van der Waals surface area (Å²) in [5.41, 5.74) is 1.61. The molecule has 0 radical (unpaired) electrons. The summed E-state index contributed by atoms with van der Waals surface area (Å²) < 4.78 is 0. The topological polar surface area (TPSA) is 91.8 Å². The van der Waals surface area contributed by atoms with Gasteiger partial charge in [-0.1, -0.05) is 6.07 Å². The van der Waals surface area contributed by atoms with Crippen LogP contribution in [0.15, 0.2) is 61.1 Å². The third kappa shape index (κ3) is 4.15. The van der Waals surface area contributed by atoms with Crippen LogP contribution in [0.1, 0.15) is 38.5 Å². The van der Waals surface area contributed by atoms with E-state index in [9.17, 15) is 4.79 Å². The molecular formula is C26H28N6O. The van der Waals surface area contributed by atoms with Crippen LogP contribution in [0, 0.1) is 23.2 Å². The second-order valence-electron chi connectivity index (χ2n) is 9.98. The van der Waals surface area contributed by atoms with Crippen LogP contribution in [0.25, 0.3) is 0 Å². The van der Waals surface area contributed by atoms with E-state index >= 15 is 0 Å². The molecule has 4 bridgehead atoms. The number of hydrogen-bond donors (Lipinski definition) is 3. The lowest BCUT2D eigenvalue weighted by Crippen LogP contribution is -2.51. The van der Waals surface area contributed by atoms with Crippen LogP contribution >= 0.6 is 0 Å². The first-order valence-corrected chi connectivity index (χ1v) is 11.8. The van der Waals surface area contributed by atoms with E-state index in [2.05, 4.69) is 30.9 Å². The van der Waals surface area contributed by atoms with E-state index < -0.39 is 0 Å². The Bertz CT molecular complexity index is 1110. The first-order valence-electron chi connectivity index (χ1n) is 11.8. The highest BCUT2D eigenvalue weighted by Crippen LogP contribution is 2.60. The van der Waals surface area contributed by atoms with Gasteiger partial charge in [-0.05, 0) is 92.7 Å². The lowest BCUT2D eigenvalue weighted by Gasteiger charge is -2.55. The minimum absolute atomic E-state index is 0.135. The van der Waals surface area contributed by atoms with Crippen LogP contribution in [-0.4, -0.2) is 20.9 Å². The molecule has 33 heavy (non-hydrogen) atoms. The zero-order valence-corrected chi connectivity index (χ0v) is 18.5. The fourth-order valence-corrected chi connectivity index (χ4v) is 6.50. The van der Waals surface area contributed by atoms with Crippen molar-refractivity contribution in [3.05, 3.63) is 61.1 Å². The van der Waals surface area contributed by atoms with Crippen LogP contribution < -0.4 is 16.0 Å². The molecule has 2 aromatic heterocycles. The number of benzene rings is 1. The van der Waals surface area contributed by atoms with Crippen molar-refractivity contribution in [2.45, 2.75) is 38.5 Å². The molecule has 0 atom stereocenters. The second-order valence-corrected chi connectivity index (χ2v) is 9.98. The summed E-state index contributed by atoms with van der Waals surface area (Å²) in [5, 5.41) is 9.68. The molecule has 3 N–H and O–H groups in total. The van der Waals surface area contributed by atoms with E-state index in [1.807, 2.05) is 48.5 Å². The third-order valence-corrected chi connectivity index (χ3v) is 7.52. The number of anilines is 5. The van der Waals surface area contributed by atoms with Crippen LogP contribution in [0.3, 0.4) is 0 Å². The van der Waals surface area contributed by atoms with Gasteiger partial charge in [-0.25, -0.2) is 15.0 Å². The van der Waals surface area contributed by atoms with Crippen LogP contribution in [0.4, 0.5) is 28.8 Å². The van der Waals surface area contributed by atoms with Gasteiger partial charge >= 0.3 is 0 Å². The normalized spacial score (nSPS) is 27.2.